The predicted octanol–water partition coefficient (Wildman–Crippen LogP) is 4.20. The molecule has 23 heavy (non-hydrogen) atoms. The molecule has 0 saturated carbocycles. The summed E-state index contributed by atoms with van der Waals surface area (Å²) < 4.78 is 1.63. The van der Waals surface area contributed by atoms with E-state index in [1.807, 2.05) is 60.7 Å². The lowest BCUT2D eigenvalue weighted by molar-refractivity contribution is 0.104. The third-order valence-corrected chi connectivity index (χ3v) is 3.42. The number of ketones is 1. The van der Waals surface area contributed by atoms with Crippen molar-refractivity contribution < 1.29 is 4.79 Å². The zero-order chi connectivity index (χ0) is 16.4. The van der Waals surface area contributed by atoms with E-state index in [1.165, 1.54) is 0 Å². The Morgan fingerprint density at radius 1 is 1.00 bits per heavy atom. The molecule has 4 heteroatoms. The van der Waals surface area contributed by atoms with Gasteiger partial charge in [0.1, 0.15) is 11.2 Å². The van der Waals surface area contributed by atoms with Crippen molar-refractivity contribution in [2.24, 2.45) is 5.41 Å². The van der Waals surface area contributed by atoms with Crippen molar-refractivity contribution in [1.82, 2.24) is 15.0 Å². The monoisotopic (exact) mass is 305 g/mol. The number of fused-ring (bicyclic) bond motifs is 1. The van der Waals surface area contributed by atoms with Crippen molar-refractivity contribution in [3.63, 3.8) is 0 Å². The first-order valence-corrected chi connectivity index (χ1v) is 7.59. The summed E-state index contributed by atoms with van der Waals surface area (Å²) in [5.41, 5.74) is 2.60. The standard InChI is InChI=1S/C19H19N3O/c1-19(2,3)13-17(18(23)14-9-5-4-6-10-14)22-16-12-8-7-11-15(16)20-21-22/h4-13H,1-3H3. The van der Waals surface area contributed by atoms with Crippen LogP contribution in [0.4, 0.5) is 0 Å². The number of hydrogen-bond acceptors (Lipinski definition) is 3. The summed E-state index contributed by atoms with van der Waals surface area (Å²) in [7, 11) is 0. The third kappa shape index (κ3) is 3.21. The summed E-state index contributed by atoms with van der Waals surface area (Å²) in [6.45, 7) is 6.18. The van der Waals surface area contributed by atoms with Crippen LogP contribution in [0, 0.1) is 5.41 Å². The normalized spacial score (nSPS) is 12.6. The quantitative estimate of drug-likeness (QED) is 0.538. The second kappa shape index (κ2) is 5.80. The lowest BCUT2D eigenvalue weighted by atomic mass is 9.93. The van der Waals surface area contributed by atoms with Crippen molar-refractivity contribution in [1.29, 1.82) is 0 Å². The number of carbonyl (C=O) groups excluding carboxylic acids is 1. The molecular weight excluding hydrogens is 286 g/mol. The minimum atomic E-state index is -0.160. The minimum Gasteiger partial charge on any atom is -0.287 e. The van der Waals surface area contributed by atoms with Gasteiger partial charge in [0.05, 0.1) is 5.52 Å². The molecule has 0 aliphatic rings. The Morgan fingerprint density at radius 2 is 1.65 bits per heavy atom. The Labute approximate surface area is 135 Å². The Bertz CT molecular complexity index is 870. The van der Waals surface area contributed by atoms with E-state index in [9.17, 15) is 4.79 Å². The topological polar surface area (TPSA) is 47.8 Å². The Morgan fingerprint density at radius 3 is 2.35 bits per heavy atom. The van der Waals surface area contributed by atoms with Gasteiger partial charge < -0.3 is 0 Å². The molecule has 116 valence electrons. The van der Waals surface area contributed by atoms with Crippen molar-refractivity contribution in [2.75, 3.05) is 0 Å². The van der Waals surface area contributed by atoms with Gasteiger partial charge in [0.15, 0.2) is 0 Å². The SMILES string of the molecule is CC(C)(C)C=C(C(=O)c1ccccc1)n1nnc2ccccc21. The van der Waals surface area contributed by atoms with Crippen LogP contribution in [0.3, 0.4) is 0 Å². The second-order valence-electron chi connectivity index (χ2n) is 6.58. The first-order chi connectivity index (χ1) is 11.0. The van der Waals surface area contributed by atoms with Crippen LogP contribution >= 0.6 is 0 Å². The maximum atomic E-state index is 13.0. The molecule has 0 atom stereocenters. The summed E-state index contributed by atoms with van der Waals surface area (Å²) >= 11 is 0. The lowest BCUT2D eigenvalue weighted by Gasteiger charge is -2.16. The van der Waals surface area contributed by atoms with Gasteiger partial charge in [0.25, 0.3) is 0 Å². The van der Waals surface area contributed by atoms with Crippen LogP contribution in [0.2, 0.25) is 0 Å². The van der Waals surface area contributed by atoms with E-state index in [0.717, 1.165) is 11.0 Å². The van der Waals surface area contributed by atoms with E-state index >= 15 is 0 Å². The maximum Gasteiger partial charge on any atom is 0.211 e. The van der Waals surface area contributed by atoms with E-state index in [4.69, 9.17) is 0 Å². The molecule has 3 aromatic rings. The van der Waals surface area contributed by atoms with Gasteiger partial charge in [-0.3, -0.25) is 4.79 Å². The summed E-state index contributed by atoms with van der Waals surface area (Å²) in [6.07, 6.45) is 1.95. The summed E-state index contributed by atoms with van der Waals surface area (Å²) in [4.78, 5) is 13.0. The van der Waals surface area contributed by atoms with E-state index in [2.05, 4.69) is 31.1 Å². The van der Waals surface area contributed by atoms with Crippen LogP contribution in [0.25, 0.3) is 16.7 Å². The minimum absolute atomic E-state index is 0.0591. The average molecular weight is 305 g/mol. The highest BCUT2D eigenvalue weighted by Gasteiger charge is 2.21. The number of rotatable bonds is 3. The largest absolute Gasteiger partial charge is 0.287 e. The van der Waals surface area contributed by atoms with Gasteiger partial charge in [0, 0.05) is 5.56 Å². The molecule has 4 nitrogen and oxygen atoms in total. The number of Topliss-reactive ketones (excluding diaryl/α,β-unsaturated/α-hetero) is 1. The molecule has 1 aromatic heterocycles. The highest BCUT2D eigenvalue weighted by molar-refractivity contribution is 6.25. The Kier molecular flexibility index (Phi) is 3.82. The van der Waals surface area contributed by atoms with Crippen molar-refractivity contribution in [3.05, 3.63) is 66.2 Å². The van der Waals surface area contributed by atoms with E-state index in [1.54, 1.807) is 4.68 Å². The molecular formula is C19H19N3O. The number of nitrogens with zero attached hydrogens (tertiary/aromatic N) is 3. The van der Waals surface area contributed by atoms with Crippen LogP contribution < -0.4 is 0 Å². The molecule has 0 bridgehead atoms. The number of hydrogen-bond donors (Lipinski definition) is 0. The van der Waals surface area contributed by atoms with Crippen molar-refractivity contribution in [3.8, 4) is 0 Å². The number of carbonyl (C=O) groups is 1. The molecule has 0 unspecified atom stereocenters. The van der Waals surface area contributed by atoms with E-state index < -0.39 is 0 Å². The van der Waals surface area contributed by atoms with Crippen LogP contribution in [-0.2, 0) is 0 Å². The maximum absolute atomic E-state index is 13.0. The van der Waals surface area contributed by atoms with Gasteiger partial charge in [-0.15, -0.1) is 5.10 Å². The zero-order valence-electron chi connectivity index (χ0n) is 13.5. The molecule has 0 spiro atoms. The fraction of sp³-hybridized carbons (Fsp3) is 0.211. The van der Waals surface area contributed by atoms with Crippen LogP contribution in [-0.4, -0.2) is 20.8 Å². The number of benzene rings is 2. The van der Waals surface area contributed by atoms with E-state index in [0.29, 0.717) is 11.3 Å². The Hall–Kier alpha value is -2.75. The fourth-order valence-electron chi connectivity index (χ4n) is 2.42. The highest BCUT2D eigenvalue weighted by atomic mass is 16.1. The molecule has 2 aromatic carbocycles. The van der Waals surface area contributed by atoms with Crippen LogP contribution in [0.1, 0.15) is 31.1 Å². The van der Waals surface area contributed by atoms with Gasteiger partial charge in [0.2, 0.25) is 5.78 Å². The fourth-order valence-corrected chi connectivity index (χ4v) is 2.42. The average Bonchev–Trinajstić information content (AvgIpc) is 2.96. The molecule has 0 saturated heterocycles. The molecule has 0 radical (unpaired) electrons. The van der Waals surface area contributed by atoms with E-state index in [-0.39, 0.29) is 11.2 Å². The van der Waals surface area contributed by atoms with Crippen LogP contribution in [0.15, 0.2) is 60.7 Å². The second-order valence-corrected chi connectivity index (χ2v) is 6.58. The first-order valence-electron chi connectivity index (χ1n) is 7.59. The molecule has 0 aliphatic heterocycles. The number of allylic oxidation sites excluding steroid dienone is 2. The molecule has 0 aliphatic carbocycles. The predicted molar refractivity (Wildman–Crippen MR) is 92.0 cm³/mol. The first kappa shape index (κ1) is 15.2. The molecule has 1 heterocycles. The summed E-state index contributed by atoms with van der Waals surface area (Å²) in [5, 5.41) is 8.37. The van der Waals surface area contributed by atoms with Crippen LogP contribution in [0.5, 0.6) is 0 Å². The van der Waals surface area contributed by atoms with Gasteiger partial charge >= 0.3 is 0 Å². The lowest BCUT2D eigenvalue weighted by Crippen LogP contribution is -2.14. The third-order valence-electron chi connectivity index (χ3n) is 3.42. The van der Waals surface area contributed by atoms with Gasteiger partial charge in [-0.25, -0.2) is 4.68 Å². The number of aromatic nitrogens is 3. The molecule has 3 rings (SSSR count). The van der Waals surface area contributed by atoms with Gasteiger partial charge in [-0.2, -0.15) is 0 Å². The number of para-hydroxylation sites is 1. The zero-order valence-corrected chi connectivity index (χ0v) is 13.5. The Balaban J connectivity index is 2.18. The van der Waals surface area contributed by atoms with Crippen molar-refractivity contribution >= 4 is 22.5 Å². The molecule has 0 amide bonds. The van der Waals surface area contributed by atoms with Crippen molar-refractivity contribution in [2.45, 2.75) is 20.8 Å². The smallest absolute Gasteiger partial charge is 0.211 e. The highest BCUT2D eigenvalue weighted by Crippen LogP contribution is 2.25. The van der Waals surface area contributed by atoms with Gasteiger partial charge in [-0.05, 0) is 23.6 Å². The molecule has 0 fully saturated rings. The summed E-state index contributed by atoms with van der Waals surface area (Å²) in [6, 6.07) is 16.9. The molecule has 0 N–H and O–H groups in total. The van der Waals surface area contributed by atoms with Gasteiger partial charge in [-0.1, -0.05) is 68.4 Å². The summed E-state index contributed by atoms with van der Waals surface area (Å²) in [5.74, 6) is -0.0591.